The van der Waals surface area contributed by atoms with Crippen molar-refractivity contribution in [2.75, 3.05) is 19.0 Å². The van der Waals surface area contributed by atoms with Gasteiger partial charge in [-0.25, -0.2) is 4.98 Å². The molecule has 0 atom stereocenters. The van der Waals surface area contributed by atoms with Crippen LogP contribution in [0.4, 0.5) is 5.82 Å². The Labute approximate surface area is 182 Å². The van der Waals surface area contributed by atoms with Crippen molar-refractivity contribution in [1.82, 2.24) is 14.8 Å². The topological polar surface area (TPSA) is 78.3 Å². The number of aryl methyl sites for hydroxylation is 1. The van der Waals surface area contributed by atoms with E-state index in [-0.39, 0.29) is 18.9 Å². The van der Waals surface area contributed by atoms with Crippen LogP contribution in [0.15, 0.2) is 48.5 Å². The summed E-state index contributed by atoms with van der Waals surface area (Å²) in [6, 6.07) is 14.7. The maximum Gasteiger partial charge on any atom is 0.228 e. The number of aromatic nitrogens is 3. The van der Waals surface area contributed by atoms with Crippen LogP contribution >= 0.6 is 22.9 Å². The average molecular weight is 443 g/mol. The molecule has 0 aliphatic heterocycles. The molecule has 0 aliphatic rings. The zero-order valence-electron chi connectivity index (χ0n) is 16.4. The quantitative estimate of drug-likeness (QED) is 0.442. The Kier molecular flexibility index (Phi) is 5.87. The van der Waals surface area contributed by atoms with E-state index in [1.54, 1.807) is 30.0 Å². The van der Waals surface area contributed by atoms with Gasteiger partial charge in [-0.05, 0) is 37.3 Å². The second-order valence-electron chi connectivity index (χ2n) is 6.49. The van der Waals surface area contributed by atoms with E-state index in [4.69, 9.17) is 21.1 Å². The Morgan fingerprint density at radius 1 is 1.23 bits per heavy atom. The van der Waals surface area contributed by atoms with Gasteiger partial charge in [-0.15, -0.1) is 0 Å². The normalized spacial score (nSPS) is 10.9. The number of thiazole rings is 1. The largest absolute Gasteiger partial charge is 0.497 e. The lowest BCUT2D eigenvalue weighted by Gasteiger charge is -2.09. The van der Waals surface area contributed by atoms with Crippen molar-refractivity contribution in [3.8, 4) is 16.6 Å². The van der Waals surface area contributed by atoms with Crippen LogP contribution in [0.1, 0.15) is 12.1 Å². The van der Waals surface area contributed by atoms with Crippen molar-refractivity contribution in [2.45, 2.75) is 13.3 Å². The number of carbonyl (C=O) groups is 1. The molecule has 0 fully saturated rings. The maximum atomic E-state index is 12.4. The maximum absolute atomic E-state index is 12.4. The predicted octanol–water partition coefficient (Wildman–Crippen LogP) is 4.86. The molecule has 0 aliphatic carbocycles. The molecule has 30 heavy (non-hydrogen) atoms. The fourth-order valence-corrected chi connectivity index (χ4v) is 4.02. The number of hydrogen-bond acceptors (Lipinski definition) is 6. The molecule has 7 nitrogen and oxygen atoms in total. The van der Waals surface area contributed by atoms with E-state index in [0.29, 0.717) is 21.7 Å². The summed E-state index contributed by atoms with van der Waals surface area (Å²) in [5.74, 6) is 1.69. The number of rotatable bonds is 7. The van der Waals surface area contributed by atoms with Gasteiger partial charge >= 0.3 is 0 Å². The molecule has 0 spiro atoms. The van der Waals surface area contributed by atoms with Crippen molar-refractivity contribution < 1.29 is 14.3 Å². The molecule has 1 N–H and O–H groups in total. The second kappa shape index (κ2) is 8.73. The third-order valence-corrected chi connectivity index (χ3v) is 5.59. The first-order valence-corrected chi connectivity index (χ1v) is 10.4. The first-order valence-electron chi connectivity index (χ1n) is 9.22. The zero-order chi connectivity index (χ0) is 21.1. The highest BCUT2D eigenvalue weighted by Crippen LogP contribution is 2.30. The molecule has 0 radical (unpaired) electrons. The van der Waals surface area contributed by atoms with Crippen LogP contribution in [0.2, 0.25) is 5.02 Å². The van der Waals surface area contributed by atoms with Gasteiger partial charge in [0.25, 0.3) is 0 Å². The summed E-state index contributed by atoms with van der Waals surface area (Å²) in [5.41, 5.74) is 1.61. The van der Waals surface area contributed by atoms with Crippen LogP contribution in [0, 0.1) is 6.92 Å². The van der Waals surface area contributed by atoms with Gasteiger partial charge in [-0.3, -0.25) is 4.79 Å². The van der Waals surface area contributed by atoms with Crippen LogP contribution in [-0.4, -0.2) is 34.4 Å². The van der Waals surface area contributed by atoms with Gasteiger partial charge in [-0.1, -0.05) is 35.1 Å². The highest BCUT2D eigenvalue weighted by Gasteiger charge is 2.15. The summed E-state index contributed by atoms with van der Waals surface area (Å²) in [4.78, 5) is 17.1. The lowest BCUT2D eigenvalue weighted by atomic mass is 10.3. The van der Waals surface area contributed by atoms with E-state index < -0.39 is 0 Å². The molecule has 4 rings (SSSR count). The Bertz CT molecular complexity index is 1200. The predicted molar refractivity (Wildman–Crippen MR) is 118 cm³/mol. The van der Waals surface area contributed by atoms with E-state index in [2.05, 4.69) is 15.4 Å². The van der Waals surface area contributed by atoms with E-state index in [0.717, 1.165) is 21.7 Å². The molecule has 0 saturated carbocycles. The summed E-state index contributed by atoms with van der Waals surface area (Å²) in [6.07, 6.45) is 0.173. The van der Waals surface area contributed by atoms with E-state index in [1.165, 1.54) is 11.3 Å². The highest BCUT2D eigenvalue weighted by atomic mass is 35.5. The molecule has 2 aromatic heterocycles. The standard InChI is InChI=1S/C21H19ClN4O3S/c1-13-11-19(24-20(27)9-10-29-17-6-4-3-5-15(17)22)26(25-13)21-23-16-8-7-14(28-2)12-18(16)30-21/h3-8,11-12H,9-10H2,1-2H3,(H,24,27). The summed E-state index contributed by atoms with van der Waals surface area (Å²) in [7, 11) is 1.63. The van der Waals surface area contributed by atoms with Crippen LogP contribution in [0.3, 0.4) is 0 Å². The number of nitrogens with zero attached hydrogens (tertiary/aromatic N) is 3. The molecule has 2 heterocycles. The third-order valence-electron chi connectivity index (χ3n) is 4.29. The van der Waals surface area contributed by atoms with E-state index >= 15 is 0 Å². The molecular formula is C21H19ClN4O3S. The number of halogens is 1. The van der Waals surface area contributed by atoms with Crippen LogP contribution in [0.25, 0.3) is 15.3 Å². The minimum Gasteiger partial charge on any atom is -0.497 e. The summed E-state index contributed by atoms with van der Waals surface area (Å²) < 4.78 is 13.5. The Morgan fingerprint density at radius 3 is 2.87 bits per heavy atom. The number of hydrogen-bond donors (Lipinski definition) is 1. The number of methoxy groups -OCH3 is 1. The number of carbonyl (C=O) groups excluding carboxylic acids is 1. The molecule has 4 aromatic rings. The molecule has 1 amide bonds. The van der Waals surface area contributed by atoms with Gasteiger partial charge < -0.3 is 14.8 Å². The van der Waals surface area contributed by atoms with Gasteiger partial charge in [0.1, 0.15) is 17.3 Å². The first kappa shape index (κ1) is 20.2. The Hall–Kier alpha value is -3.10. The number of fused-ring (bicyclic) bond motifs is 1. The minimum absolute atomic E-state index is 0.173. The van der Waals surface area contributed by atoms with Crippen molar-refractivity contribution in [3.05, 3.63) is 59.2 Å². The van der Waals surface area contributed by atoms with Crippen molar-refractivity contribution >= 4 is 44.9 Å². The van der Waals surface area contributed by atoms with Crippen LogP contribution in [0.5, 0.6) is 11.5 Å². The monoisotopic (exact) mass is 442 g/mol. The van der Waals surface area contributed by atoms with Crippen LogP contribution in [-0.2, 0) is 4.79 Å². The molecule has 2 aromatic carbocycles. The van der Waals surface area contributed by atoms with Crippen molar-refractivity contribution in [2.24, 2.45) is 0 Å². The Morgan fingerprint density at radius 2 is 2.07 bits per heavy atom. The van der Waals surface area contributed by atoms with Crippen molar-refractivity contribution in [1.29, 1.82) is 0 Å². The number of nitrogens with one attached hydrogen (secondary N) is 1. The number of anilines is 1. The summed E-state index contributed by atoms with van der Waals surface area (Å²) in [6.45, 7) is 2.08. The lowest BCUT2D eigenvalue weighted by Crippen LogP contribution is -2.17. The van der Waals surface area contributed by atoms with E-state index in [1.807, 2.05) is 37.3 Å². The molecule has 0 saturated heterocycles. The van der Waals surface area contributed by atoms with Gasteiger partial charge in [0.05, 0.1) is 41.1 Å². The van der Waals surface area contributed by atoms with Crippen LogP contribution < -0.4 is 14.8 Å². The number of ether oxygens (including phenoxy) is 2. The highest BCUT2D eigenvalue weighted by molar-refractivity contribution is 7.20. The van der Waals surface area contributed by atoms with Gasteiger partial charge in [-0.2, -0.15) is 9.78 Å². The molecule has 154 valence electrons. The molecule has 0 unspecified atom stereocenters. The molecule has 0 bridgehead atoms. The number of amides is 1. The second-order valence-corrected chi connectivity index (χ2v) is 7.91. The van der Waals surface area contributed by atoms with E-state index in [9.17, 15) is 4.79 Å². The zero-order valence-corrected chi connectivity index (χ0v) is 18.0. The van der Waals surface area contributed by atoms with Crippen molar-refractivity contribution in [3.63, 3.8) is 0 Å². The summed E-state index contributed by atoms with van der Waals surface area (Å²) in [5, 5.41) is 8.54. The van der Waals surface area contributed by atoms with Gasteiger partial charge in [0.15, 0.2) is 0 Å². The SMILES string of the molecule is COc1ccc2nc(-n3nc(C)cc3NC(=O)CCOc3ccccc3Cl)sc2c1. The average Bonchev–Trinajstić information content (AvgIpc) is 3.31. The van der Waals surface area contributed by atoms with Gasteiger partial charge in [0, 0.05) is 6.07 Å². The smallest absolute Gasteiger partial charge is 0.228 e. The van der Waals surface area contributed by atoms with Gasteiger partial charge in [0.2, 0.25) is 11.0 Å². The minimum atomic E-state index is -0.189. The fourth-order valence-electron chi connectivity index (χ4n) is 2.87. The lowest BCUT2D eigenvalue weighted by molar-refractivity contribution is -0.116. The number of para-hydroxylation sites is 1. The molecular weight excluding hydrogens is 424 g/mol. The summed E-state index contributed by atoms with van der Waals surface area (Å²) >= 11 is 7.53. The Balaban J connectivity index is 1.46. The first-order chi connectivity index (χ1) is 14.5. The number of benzene rings is 2. The fraction of sp³-hybridized carbons (Fsp3) is 0.190. The third kappa shape index (κ3) is 4.39. The molecule has 9 heteroatoms.